The molecule has 3 rings (SSSR count). The van der Waals surface area contributed by atoms with Crippen LogP contribution in [0, 0.1) is 0 Å². The molecule has 6 nitrogen and oxygen atoms in total. The van der Waals surface area contributed by atoms with Gasteiger partial charge in [-0.2, -0.15) is 4.98 Å². The van der Waals surface area contributed by atoms with Crippen LogP contribution in [-0.2, 0) is 6.42 Å². The second-order valence-electron chi connectivity index (χ2n) is 6.57. The first-order valence-electron chi connectivity index (χ1n) is 9.17. The summed E-state index contributed by atoms with van der Waals surface area (Å²) in [6.45, 7) is 2.50. The third-order valence-corrected chi connectivity index (χ3v) is 4.06. The Morgan fingerprint density at radius 3 is 2.41 bits per heavy atom. The zero-order chi connectivity index (χ0) is 18.9. The number of pyridine rings is 1. The first-order chi connectivity index (χ1) is 13.2. The van der Waals surface area contributed by atoms with E-state index >= 15 is 0 Å². The van der Waals surface area contributed by atoms with Crippen LogP contribution in [0.2, 0.25) is 0 Å². The van der Waals surface area contributed by atoms with Crippen molar-refractivity contribution in [3.63, 3.8) is 0 Å². The number of aromatic nitrogens is 3. The molecule has 0 radical (unpaired) electrons. The molecule has 0 saturated carbocycles. The minimum atomic E-state index is 0.613. The molecule has 2 N–H and O–H groups in total. The van der Waals surface area contributed by atoms with Gasteiger partial charge in [-0.1, -0.05) is 36.4 Å². The van der Waals surface area contributed by atoms with E-state index in [4.69, 9.17) is 0 Å². The van der Waals surface area contributed by atoms with E-state index in [0.29, 0.717) is 5.95 Å². The number of hydrogen-bond donors (Lipinski definition) is 2. The minimum absolute atomic E-state index is 0.613. The van der Waals surface area contributed by atoms with Crippen LogP contribution in [-0.4, -0.2) is 53.6 Å². The lowest BCUT2D eigenvalue weighted by atomic mass is 10.1. The molecule has 0 bridgehead atoms. The number of nitrogens with zero attached hydrogens (tertiary/aromatic N) is 4. The first-order valence-corrected chi connectivity index (χ1v) is 9.17. The molecule has 3 aromatic rings. The lowest BCUT2D eigenvalue weighted by Gasteiger charge is -2.13. The van der Waals surface area contributed by atoms with Crippen molar-refractivity contribution in [2.24, 2.45) is 0 Å². The predicted octanol–water partition coefficient (Wildman–Crippen LogP) is 3.17. The third-order valence-electron chi connectivity index (χ3n) is 4.06. The number of benzene rings is 1. The molecule has 0 atom stereocenters. The van der Waals surface area contributed by atoms with Gasteiger partial charge in [0.2, 0.25) is 5.95 Å². The van der Waals surface area contributed by atoms with Crippen LogP contribution in [0.4, 0.5) is 11.8 Å². The van der Waals surface area contributed by atoms with Crippen LogP contribution in [0.15, 0.2) is 60.8 Å². The fraction of sp³-hybridized carbons (Fsp3) is 0.286. The molecule has 2 aromatic heterocycles. The van der Waals surface area contributed by atoms with E-state index in [9.17, 15) is 0 Å². The maximum Gasteiger partial charge on any atom is 0.225 e. The lowest BCUT2D eigenvalue weighted by molar-refractivity contribution is 0.425. The van der Waals surface area contributed by atoms with Crippen molar-refractivity contribution in [2.75, 3.05) is 44.4 Å². The van der Waals surface area contributed by atoms with E-state index in [-0.39, 0.29) is 0 Å². The molecular formula is C21H26N6. The van der Waals surface area contributed by atoms with Crippen LogP contribution in [0.5, 0.6) is 0 Å². The molecule has 0 saturated heterocycles. The van der Waals surface area contributed by atoms with Crippen LogP contribution >= 0.6 is 0 Å². The second kappa shape index (κ2) is 9.64. The minimum Gasteiger partial charge on any atom is -0.370 e. The summed E-state index contributed by atoms with van der Waals surface area (Å²) < 4.78 is 0. The highest BCUT2D eigenvalue weighted by molar-refractivity contribution is 5.60. The summed E-state index contributed by atoms with van der Waals surface area (Å²) in [6, 6.07) is 18.2. The van der Waals surface area contributed by atoms with E-state index in [2.05, 4.69) is 54.8 Å². The third kappa shape index (κ3) is 6.04. The highest BCUT2D eigenvalue weighted by atomic mass is 15.2. The fourth-order valence-electron chi connectivity index (χ4n) is 2.63. The largest absolute Gasteiger partial charge is 0.370 e. The van der Waals surface area contributed by atoms with Crippen molar-refractivity contribution in [3.05, 3.63) is 66.4 Å². The Morgan fingerprint density at radius 2 is 1.67 bits per heavy atom. The predicted molar refractivity (Wildman–Crippen MR) is 111 cm³/mol. The number of rotatable bonds is 9. The summed E-state index contributed by atoms with van der Waals surface area (Å²) in [6.07, 6.45) is 2.71. The Balaban J connectivity index is 1.72. The van der Waals surface area contributed by atoms with Crippen LogP contribution < -0.4 is 10.6 Å². The van der Waals surface area contributed by atoms with E-state index in [1.807, 2.05) is 44.4 Å². The summed E-state index contributed by atoms with van der Waals surface area (Å²) in [5.41, 5.74) is 2.94. The van der Waals surface area contributed by atoms with Gasteiger partial charge >= 0.3 is 0 Å². The van der Waals surface area contributed by atoms with Crippen molar-refractivity contribution >= 4 is 11.8 Å². The molecule has 0 aliphatic rings. The van der Waals surface area contributed by atoms with E-state index in [1.165, 1.54) is 5.56 Å². The molecule has 140 valence electrons. The van der Waals surface area contributed by atoms with Gasteiger partial charge < -0.3 is 15.5 Å². The van der Waals surface area contributed by atoms with Gasteiger partial charge in [0.1, 0.15) is 5.82 Å². The Morgan fingerprint density at radius 1 is 0.852 bits per heavy atom. The molecule has 0 amide bonds. The zero-order valence-electron chi connectivity index (χ0n) is 15.9. The molecule has 0 spiro atoms. The normalized spacial score (nSPS) is 10.8. The van der Waals surface area contributed by atoms with Gasteiger partial charge in [0.15, 0.2) is 0 Å². The molecule has 0 fully saturated rings. The Kier molecular flexibility index (Phi) is 6.71. The van der Waals surface area contributed by atoms with E-state index in [0.717, 1.165) is 43.3 Å². The van der Waals surface area contributed by atoms with E-state index in [1.54, 1.807) is 6.20 Å². The summed E-state index contributed by atoms with van der Waals surface area (Å²) >= 11 is 0. The monoisotopic (exact) mass is 362 g/mol. The topological polar surface area (TPSA) is 66.0 Å². The molecule has 0 unspecified atom stereocenters. The maximum absolute atomic E-state index is 4.62. The molecule has 1 aromatic carbocycles. The maximum atomic E-state index is 4.62. The lowest BCUT2D eigenvalue weighted by Crippen LogP contribution is -2.21. The average Bonchev–Trinajstić information content (AvgIpc) is 2.69. The quantitative estimate of drug-likeness (QED) is 0.609. The molecule has 0 aliphatic carbocycles. The van der Waals surface area contributed by atoms with Crippen molar-refractivity contribution in [3.8, 4) is 11.4 Å². The van der Waals surface area contributed by atoms with Crippen molar-refractivity contribution < 1.29 is 0 Å². The van der Waals surface area contributed by atoms with Gasteiger partial charge in [-0.3, -0.25) is 4.98 Å². The number of hydrogen-bond acceptors (Lipinski definition) is 6. The van der Waals surface area contributed by atoms with Gasteiger partial charge in [0, 0.05) is 31.9 Å². The molecule has 2 heterocycles. The van der Waals surface area contributed by atoms with Crippen LogP contribution in [0.1, 0.15) is 5.56 Å². The standard InChI is InChI=1S/C21H26N6/c1-27(2)15-14-24-21-25-19(18-10-6-7-12-22-18)16-20(26-21)23-13-11-17-8-4-3-5-9-17/h3-10,12,16H,11,13-15H2,1-2H3,(H2,23,24,25,26). The molecule has 0 aliphatic heterocycles. The van der Waals surface area contributed by atoms with Gasteiger partial charge in [0.25, 0.3) is 0 Å². The number of nitrogens with one attached hydrogen (secondary N) is 2. The van der Waals surface area contributed by atoms with Gasteiger partial charge in [-0.05, 0) is 38.2 Å². The first kappa shape index (κ1) is 18.8. The second-order valence-corrected chi connectivity index (χ2v) is 6.57. The zero-order valence-corrected chi connectivity index (χ0v) is 15.9. The highest BCUT2D eigenvalue weighted by Gasteiger charge is 2.08. The molecule has 6 heteroatoms. The van der Waals surface area contributed by atoms with Gasteiger partial charge in [-0.25, -0.2) is 4.98 Å². The number of likely N-dealkylation sites (N-methyl/N-ethyl adjacent to an activating group) is 1. The molecular weight excluding hydrogens is 336 g/mol. The summed E-state index contributed by atoms with van der Waals surface area (Å²) in [4.78, 5) is 15.8. The Bertz CT molecular complexity index is 821. The van der Waals surface area contributed by atoms with Crippen molar-refractivity contribution in [1.82, 2.24) is 19.9 Å². The summed E-state index contributed by atoms with van der Waals surface area (Å²) in [5, 5.41) is 6.72. The highest BCUT2D eigenvalue weighted by Crippen LogP contribution is 2.19. The number of anilines is 2. The van der Waals surface area contributed by atoms with Crippen molar-refractivity contribution in [1.29, 1.82) is 0 Å². The van der Waals surface area contributed by atoms with Gasteiger partial charge in [-0.15, -0.1) is 0 Å². The van der Waals surface area contributed by atoms with Crippen molar-refractivity contribution in [2.45, 2.75) is 6.42 Å². The smallest absolute Gasteiger partial charge is 0.225 e. The van der Waals surface area contributed by atoms with Gasteiger partial charge in [0.05, 0.1) is 11.4 Å². The Hall–Kier alpha value is -2.99. The van der Waals surface area contributed by atoms with Crippen LogP contribution in [0.3, 0.4) is 0 Å². The summed E-state index contributed by atoms with van der Waals surface area (Å²) in [5.74, 6) is 1.41. The Labute approximate surface area is 160 Å². The fourth-order valence-corrected chi connectivity index (χ4v) is 2.63. The SMILES string of the molecule is CN(C)CCNc1nc(NCCc2ccccc2)cc(-c2ccccn2)n1. The van der Waals surface area contributed by atoms with Crippen LogP contribution in [0.25, 0.3) is 11.4 Å². The van der Waals surface area contributed by atoms with E-state index < -0.39 is 0 Å². The summed E-state index contributed by atoms with van der Waals surface area (Å²) in [7, 11) is 4.09. The molecule has 27 heavy (non-hydrogen) atoms. The average molecular weight is 362 g/mol.